The molecule has 0 aliphatic rings. The average molecular weight is 278 g/mol. The highest BCUT2D eigenvalue weighted by atomic mass is 19.1. The number of aromatic nitrogens is 2. The van der Waals surface area contributed by atoms with Gasteiger partial charge in [0.2, 0.25) is 5.82 Å². The summed E-state index contributed by atoms with van der Waals surface area (Å²) in [5, 5.41) is 0. The van der Waals surface area contributed by atoms with E-state index in [9.17, 15) is 18.8 Å². The zero-order chi connectivity index (χ0) is 14.7. The van der Waals surface area contributed by atoms with E-state index in [4.69, 9.17) is 5.84 Å². The topological polar surface area (TPSA) is 110 Å². The van der Waals surface area contributed by atoms with E-state index < -0.39 is 23.0 Å². The molecule has 8 heteroatoms. The van der Waals surface area contributed by atoms with Crippen molar-refractivity contribution in [3.63, 3.8) is 0 Å². The van der Waals surface area contributed by atoms with E-state index in [1.165, 1.54) is 6.07 Å². The van der Waals surface area contributed by atoms with Crippen molar-refractivity contribution in [2.75, 3.05) is 0 Å². The highest BCUT2D eigenvalue weighted by Crippen LogP contribution is 2.06. The Hall–Kier alpha value is -2.74. The normalized spacial score (nSPS) is 10.3. The number of rotatable bonds is 3. The Balaban J connectivity index is 2.36. The molecule has 4 N–H and O–H groups in total. The van der Waals surface area contributed by atoms with Crippen LogP contribution in [-0.4, -0.2) is 15.5 Å². The Bertz CT molecular complexity index is 766. The van der Waals surface area contributed by atoms with Gasteiger partial charge < -0.3 is 0 Å². The monoisotopic (exact) mass is 278 g/mol. The minimum atomic E-state index is -1.07. The van der Waals surface area contributed by atoms with E-state index in [-0.39, 0.29) is 6.54 Å². The maximum absolute atomic E-state index is 13.1. The van der Waals surface area contributed by atoms with Crippen LogP contribution in [0.3, 0.4) is 0 Å². The quantitative estimate of drug-likeness (QED) is 0.393. The maximum Gasteiger partial charge on any atom is 0.328 e. The molecule has 1 amide bonds. The number of carbonyl (C=O) groups is 1. The molecule has 0 radical (unpaired) electrons. The zero-order valence-corrected chi connectivity index (χ0v) is 10.2. The molecule has 0 saturated heterocycles. The molecule has 0 atom stereocenters. The lowest BCUT2D eigenvalue weighted by atomic mass is 10.1. The summed E-state index contributed by atoms with van der Waals surface area (Å²) in [5.74, 6) is 3.49. The highest BCUT2D eigenvalue weighted by molar-refractivity contribution is 5.93. The van der Waals surface area contributed by atoms with Crippen LogP contribution in [0.5, 0.6) is 0 Å². The van der Waals surface area contributed by atoms with E-state index in [0.717, 1.165) is 10.8 Å². The molecule has 7 nitrogen and oxygen atoms in total. The van der Waals surface area contributed by atoms with Gasteiger partial charge in [-0.25, -0.2) is 10.6 Å². The first-order valence-electron chi connectivity index (χ1n) is 5.60. The average Bonchev–Trinajstić information content (AvgIpc) is 2.44. The Morgan fingerprint density at radius 1 is 1.40 bits per heavy atom. The van der Waals surface area contributed by atoms with Gasteiger partial charge in [0.25, 0.3) is 11.5 Å². The second kappa shape index (κ2) is 5.49. The Labute approximate surface area is 111 Å². The van der Waals surface area contributed by atoms with Gasteiger partial charge >= 0.3 is 5.69 Å². The van der Waals surface area contributed by atoms with Crippen molar-refractivity contribution in [1.82, 2.24) is 15.0 Å². The van der Waals surface area contributed by atoms with Crippen molar-refractivity contribution in [3.05, 3.63) is 68.2 Å². The van der Waals surface area contributed by atoms with Crippen LogP contribution in [0.2, 0.25) is 0 Å². The van der Waals surface area contributed by atoms with Gasteiger partial charge in [0.1, 0.15) is 0 Å². The molecule has 0 unspecified atom stereocenters. The van der Waals surface area contributed by atoms with Crippen LogP contribution >= 0.6 is 0 Å². The third kappa shape index (κ3) is 2.81. The van der Waals surface area contributed by atoms with E-state index in [0.29, 0.717) is 11.1 Å². The summed E-state index contributed by atoms with van der Waals surface area (Å²) < 4.78 is 14.1. The molecule has 0 fully saturated rings. The van der Waals surface area contributed by atoms with Crippen molar-refractivity contribution in [2.45, 2.75) is 6.54 Å². The fraction of sp³-hybridized carbons (Fsp3) is 0.0833. The van der Waals surface area contributed by atoms with Gasteiger partial charge in [-0.1, -0.05) is 12.1 Å². The van der Waals surface area contributed by atoms with Gasteiger partial charge in [0.05, 0.1) is 12.7 Å². The lowest BCUT2D eigenvalue weighted by Crippen LogP contribution is -2.32. The number of nitrogen functional groups attached to an aromatic ring is 1. The largest absolute Gasteiger partial charge is 0.328 e. The van der Waals surface area contributed by atoms with Gasteiger partial charge in [-0.3, -0.25) is 24.6 Å². The summed E-state index contributed by atoms with van der Waals surface area (Å²) in [7, 11) is 0. The number of carbonyl (C=O) groups excluding carboxylic acids is 1. The number of nitrogens with two attached hydrogens (primary N) is 1. The Kier molecular flexibility index (Phi) is 3.76. The first kappa shape index (κ1) is 13.7. The summed E-state index contributed by atoms with van der Waals surface area (Å²) >= 11 is 0. The summed E-state index contributed by atoms with van der Waals surface area (Å²) in [6.07, 6.45) is 0.816. The molecular formula is C12H11FN4O3. The molecule has 2 rings (SSSR count). The van der Waals surface area contributed by atoms with Crippen LogP contribution < -0.4 is 22.5 Å². The number of aromatic amines is 1. The van der Waals surface area contributed by atoms with Gasteiger partial charge in [-0.05, 0) is 17.7 Å². The van der Waals surface area contributed by atoms with Crippen molar-refractivity contribution < 1.29 is 9.18 Å². The first-order valence-corrected chi connectivity index (χ1v) is 5.60. The summed E-state index contributed by atoms with van der Waals surface area (Å²) in [5.41, 5.74) is 1.08. The molecule has 104 valence electrons. The molecule has 1 aromatic heterocycles. The molecule has 20 heavy (non-hydrogen) atoms. The minimum absolute atomic E-state index is 0.0121. The Morgan fingerprint density at radius 3 is 2.85 bits per heavy atom. The summed E-state index contributed by atoms with van der Waals surface area (Å²) in [6, 6.07) is 6.31. The van der Waals surface area contributed by atoms with Crippen LogP contribution in [0.1, 0.15) is 15.9 Å². The highest BCUT2D eigenvalue weighted by Gasteiger charge is 2.07. The first-order chi connectivity index (χ1) is 9.51. The number of H-pyrrole nitrogens is 1. The molecule has 0 spiro atoms. The maximum atomic E-state index is 13.1. The number of nitrogens with one attached hydrogen (secondary N) is 2. The van der Waals surface area contributed by atoms with Crippen LogP contribution in [0.25, 0.3) is 0 Å². The zero-order valence-electron chi connectivity index (χ0n) is 10.2. The molecule has 0 aliphatic carbocycles. The fourth-order valence-electron chi connectivity index (χ4n) is 1.69. The molecule has 1 aromatic carbocycles. The van der Waals surface area contributed by atoms with E-state index in [1.54, 1.807) is 18.2 Å². The van der Waals surface area contributed by atoms with E-state index in [2.05, 4.69) is 0 Å². The lowest BCUT2D eigenvalue weighted by Gasteiger charge is -2.07. The van der Waals surface area contributed by atoms with Crippen molar-refractivity contribution in [3.8, 4) is 0 Å². The van der Waals surface area contributed by atoms with Gasteiger partial charge in [-0.2, -0.15) is 4.39 Å². The fourth-order valence-corrected chi connectivity index (χ4v) is 1.69. The predicted molar refractivity (Wildman–Crippen MR) is 68.5 cm³/mol. The third-order valence-corrected chi connectivity index (χ3v) is 2.64. The number of hydrogen-bond donors (Lipinski definition) is 3. The number of halogens is 1. The third-order valence-electron chi connectivity index (χ3n) is 2.64. The van der Waals surface area contributed by atoms with Crippen LogP contribution in [0, 0.1) is 5.82 Å². The van der Waals surface area contributed by atoms with Crippen molar-refractivity contribution in [2.24, 2.45) is 5.84 Å². The van der Waals surface area contributed by atoms with Crippen LogP contribution in [0.15, 0.2) is 40.1 Å². The number of hydrazine groups is 1. The molecule has 1 heterocycles. The number of hydrogen-bond acceptors (Lipinski definition) is 4. The number of nitrogens with zero attached hydrogens (tertiary/aromatic N) is 1. The minimum Gasteiger partial charge on any atom is -0.293 e. The van der Waals surface area contributed by atoms with E-state index >= 15 is 0 Å². The smallest absolute Gasteiger partial charge is 0.293 e. The predicted octanol–water partition coefficient (Wildman–Crippen LogP) is -0.673. The summed E-state index contributed by atoms with van der Waals surface area (Å²) in [4.78, 5) is 35.7. The van der Waals surface area contributed by atoms with Gasteiger partial charge in [0, 0.05) is 5.56 Å². The molecular weight excluding hydrogens is 267 g/mol. The van der Waals surface area contributed by atoms with Gasteiger partial charge in [-0.15, -0.1) is 0 Å². The standard InChI is InChI=1S/C12H11FN4O3/c13-9-6-17(12(20)15-11(9)19)5-7-2-1-3-8(4-7)10(18)16-14/h1-4,6H,5,14H2,(H,16,18)(H,15,19,20). The summed E-state index contributed by atoms with van der Waals surface area (Å²) in [6.45, 7) is 0.0121. The van der Waals surface area contributed by atoms with Crippen LogP contribution in [-0.2, 0) is 6.54 Å². The lowest BCUT2D eigenvalue weighted by molar-refractivity contribution is 0.0953. The molecule has 0 bridgehead atoms. The molecule has 0 saturated carbocycles. The molecule has 0 aliphatic heterocycles. The molecule has 2 aromatic rings. The SMILES string of the molecule is NNC(=O)c1cccc(Cn2cc(F)c(=O)[nH]c2=O)c1. The van der Waals surface area contributed by atoms with Gasteiger partial charge in [0.15, 0.2) is 0 Å². The second-order valence-corrected chi connectivity index (χ2v) is 4.04. The van der Waals surface area contributed by atoms with Crippen molar-refractivity contribution in [1.29, 1.82) is 0 Å². The van der Waals surface area contributed by atoms with Crippen LogP contribution in [0.4, 0.5) is 4.39 Å². The Morgan fingerprint density at radius 2 is 2.15 bits per heavy atom. The van der Waals surface area contributed by atoms with Crippen molar-refractivity contribution >= 4 is 5.91 Å². The number of benzene rings is 1. The number of amides is 1. The second-order valence-electron chi connectivity index (χ2n) is 4.04. The van der Waals surface area contributed by atoms with E-state index in [1.807, 2.05) is 10.4 Å².